The lowest BCUT2D eigenvalue weighted by molar-refractivity contribution is -0.144. The smallest absolute Gasteiger partial charge is 0.331 e. The van der Waals surface area contributed by atoms with Gasteiger partial charge in [0.05, 0.1) is 0 Å². The Hall–Kier alpha value is -1.36. The largest absolute Gasteiger partial charge is 0.478 e. The molecule has 92 valence electrons. The van der Waals surface area contributed by atoms with Crippen LogP contribution in [0.15, 0.2) is 12.2 Å². The molecule has 1 unspecified atom stereocenters. The molecule has 0 saturated heterocycles. The highest BCUT2D eigenvalue weighted by atomic mass is 16.5. The van der Waals surface area contributed by atoms with Gasteiger partial charge in [-0.25, -0.2) is 9.59 Å². The summed E-state index contributed by atoms with van der Waals surface area (Å²) in [5.41, 5.74) is 0. The number of esters is 1. The molecule has 5 heteroatoms. The van der Waals surface area contributed by atoms with Crippen LogP contribution in [0.1, 0.15) is 26.2 Å². The third-order valence-corrected chi connectivity index (χ3v) is 1.90. The highest BCUT2D eigenvalue weighted by Gasteiger charge is 2.11. The van der Waals surface area contributed by atoms with Gasteiger partial charge in [-0.15, -0.1) is 0 Å². The second kappa shape index (κ2) is 8.91. The number of carbonyl (C=O) groups is 2. The monoisotopic (exact) mass is 230 g/mol. The Bertz CT molecular complexity index is 247. The molecular formula is C11H18O5. The fraction of sp³-hybridized carbons (Fsp3) is 0.636. The number of methoxy groups -OCH3 is 1. The summed E-state index contributed by atoms with van der Waals surface area (Å²) in [5, 5.41) is 8.33. The van der Waals surface area contributed by atoms with Gasteiger partial charge in [0.15, 0.2) is 0 Å². The van der Waals surface area contributed by atoms with Crippen LogP contribution in [0, 0.1) is 0 Å². The van der Waals surface area contributed by atoms with Crippen molar-refractivity contribution in [2.45, 2.75) is 32.3 Å². The first kappa shape index (κ1) is 14.6. The number of hydrogen-bond donors (Lipinski definition) is 1. The SMILES string of the molecule is CCCC(CCOC)OC(=O)/C=C\C(=O)O. The van der Waals surface area contributed by atoms with E-state index in [0.29, 0.717) is 13.0 Å². The van der Waals surface area contributed by atoms with Crippen molar-refractivity contribution in [1.29, 1.82) is 0 Å². The van der Waals surface area contributed by atoms with Gasteiger partial charge in [0.25, 0.3) is 0 Å². The van der Waals surface area contributed by atoms with Crippen molar-refractivity contribution in [3.8, 4) is 0 Å². The van der Waals surface area contributed by atoms with E-state index in [0.717, 1.165) is 25.0 Å². The number of carboxylic acids is 1. The lowest BCUT2D eigenvalue weighted by Crippen LogP contribution is -2.18. The number of rotatable bonds is 8. The average molecular weight is 230 g/mol. The van der Waals surface area contributed by atoms with Crippen LogP contribution in [-0.2, 0) is 19.1 Å². The van der Waals surface area contributed by atoms with Crippen LogP contribution in [0.25, 0.3) is 0 Å². The van der Waals surface area contributed by atoms with Gasteiger partial charge in [-0.3, -0.25) is 0 Å². The van der Waals surface area contributed by atoms with Gasteiger partial charge < -0.3 is 14.6 Å². The van der Waals surface area contributed by atoms with Gasteiger partial charge in [-0.2, -0.15) is 0 Å². The third-order valence-electron chi connectivity index (χ3n) is 1.90. The molecule has 16 heavy (non-hydrogen) atoms. The van der Waals surface area contributed by atoms with Crippen LogP contribution in [0.3, 0.4) is 0 Å². The number of carboxylic acid groups (broad SMARTS) is 1. The lowest BCUT2D eigenvalue weighted by Gasteiger charge is -2.15. The number of ether oxygens (including phenoxy) is 2. The average Bonchev–Trinajstić information content (AvgIpc) is 2.23. The maximum Gasteiger partial charge on any atom is 0.331 e. The standard InChI is InChI=1S/C11H18O5/c1-3-4-9(7-8-15-2)16-11(14)6-5-10(12)13/h5-6,9H,3-4,7-8H2,1-2H3,(H,12,13)/b6-5-. The first-order valence-electron chi connectivity index (χ1n) is 5.20. The minimum atomic E-state index is -1.17. The van der Waals surface area contributed by atoms with Gasteiger partial charge >= 0.3 is 11.9 Å². The Labute approximate surface area is 95.0 Å². The van der Waals surface area contributed by atoms with Gasteiger partial charge in [0, 0.05) is 32.3 Å². The Morgan fingerprint density at radius 3 is 2.50 bits per heavy atom. The Morgan fingerprint density at radius 2 is 2.00 bits per heavy atom. The normalized spacial score (nSPS) is 12.6. The van der Waals surface area contributed by atoms with Crippen LogP contribution in [0.2, 0.25) is 0 Å². The summed E-state index contributed by atoms with van der Waals surface area (Å²) in [4.78, 5) is 21.4. The highest BCUT2D eigenvalue weighted by molar-refractivity contribution is 5.90. The molecule has 0 aliphatic carbocycles. The molecule has 0 rings (SSSR count). The molecule has 0 spiro atoms. The van der Waals surface area contributed by atoms with Crippen LogP contribution < -0.4 is 0 Å². The molecule has 0 heterocycles. The first-order valence-corrected chi connectivity index (χ1v) is 5.20. The second-order valence-corrected chi connectivity index (χ2v) is 3.30. The second-order valence-electron chi connectivity index (χ2n) is 3.30. The zero-order valence-electron chi connectivity index (χ0n) is 9.64. The van der Waals surface area contributed by atoms with E-state index in [9.17, 15) is 9.59 Å². The highest BCUT2D eigenvalue weighted by Crippen LogP contribution is 2.07. The van der Waals surface area contributed by atoms with Gasteiger partial charge in [-0.05, 0) is 6.42 Å². The van der Waals surface area contributed by atoms with Crippen LogP contribution in [0.4, 0.5) is 0 Å². The van der Waals surface area contributed by atoms with Crippen LogP contribution >= 0.6 is 0 Å². The number of aliphatic carboxylic acids is 1. The summed E-state index contributed by atoms with van der Waals surface area (Å²) >= 11 is 0. The Kier molecular flexibility index (Phi) is 8.15. The molecule has 0 aromatic carbocycles. The summed E-state index contributed by atoms with van der Waals surface area (Å²) in [6.45, 7) is 2.50. The minimum Gasteiger partial charge on any atom is -0.478 e. The molecule has 0 bridgehead atoms. The van der Waals surface area contributed by atoms with Crippen molar-refractivity contribution >= 4 is 11.9 Å². The predicted octanol–water partition coefficient (Wildman–Crippen LogP) is 1.38. The molecule has 1 atom stereocenters. The molecule has 0 aliphatic heterocycles. The maximum absolute atomic E-state index is 11.2. The van der Waals surface area contributed by atoms with Crippen molar-refractivity contribution in [3.05, 3.63) is 12.2 Å². The molecular weight excluding hydrogens is 212 g/mol. The number of carbonyl (C=O) groups excluding carboxylic acids is 1. The summed E-state index contributed by atoms with van der Waals surface area (Å²) in [6.07, 6.45) is 3.73. The van der Waals surface area contributed by atoms with Gasteiger partial charge in [0.1, 0.15) is 6.10 Å². The van der Waals surface area contributed by atoms with Gasteiger partial charge in [0.2, 0.25) is 0 Å². The van der Waals surface area contributed by atoms with Gasteiger partial charge in [-0.1, -0.05) is 13.3 Å². The molecule has 5 nitrogen and oxygen atoms in total. The molecule has 0 aromatic heterocycles. The summed E-state index contributed by atoms with van der Waals surface area (Å²) in [5.74, 6) is -1.79. The zero-order valence-corrected chi connectivity index (χ0v) is 9.64. The molecule has 0 radical (unpaired) electrons. The molecule has 0 aliphatic rings. The topological polar surface area (TPSA) is 72.8 Å². The van der Waals surface area contributed by atoms with E-state index in [1.165, 1.54) is 0 Å². The first-order chi connectivity index (χ1) is 7.60. The molecule has 0 amide bonds. The Morgan fingerprint density at radius 1 is 1.31 bits per heavy atom. The lowest BCUT2D eigenvalue weighted by atomic mass is 10.1. The quantitative estimate of drug-likeness (QED) is 0.503. The summed E-state index contributed by atoms with van der Waals surface area (Å²) < 4.78 is 9.97. The van der Waals surface area contributed by atoms with Crippen molar-refractivity contribution < 1.29 is 24.2 Å². The van der Waals surface area contributed by atoms with E-state index >= 15 is 0 Å². The van der Waals surface area contributed by atoms with E-state index in [2.05, 4.69) is 0 Å². The van der Waals surface area contributed by atoms with Crippen molar-refractivity contribution in [2.24, 2.45) is 0 Å². The molecule has 0 aromatic rings. The summed E-state index contributed by atoms with van der Waals surface area (Å²) in [7, 11) is 1.58. The van der Waals surface area contributed by atoms with Crippen molar-refractivity contribution in [3.63, 3.8) is 0 Å². The zero-order chi connectivity index (χ0) is 12.4. The van der Waals surface area contributed by atoms with Crippen LogP contribution in [-0.4, -0.2) is 36.9 Å². The fourth-order valence-corrected chi connectivity index (χ4v) is 1.18. The van der Waals surface area contributed by atoms with E-state index in [4.69, 9.17) is 14.6 Å². The molecule has 1 N–H and O–H groups in total. The summed E-state index contributed by atoms with van der Waals surface area (Å²) in [6, 6.07) is 0. The maximum atomic E-state index is 11.2. The minimum absolute atomic E-state index is 0.212. The third kappa shape index (κ3) is 7.99. The predicted molar refractivity (Wildman–Crippen MR) is 58.1 cm³/mol. The van der Waals surface area contributed by atoms with E-state index in [1.807, 2.05) is 6.92 Å². The number of hydrogen-bond acceptors (Lipinski definition) is 4. The molecule has 0 fully saturated rings. The van der Waals surface area contributed by atoms with E-state index in [1.54, 1.807) is 7.11 Å². The van der Waals surface area contributed by atoms with Crippen molar-refractivity contribution in [2.75, 3.05) is 13.7 Å². The Balaban J connectivity index is 4.06. The molecule has 0 saturated carbocycles. The van der Waals surface area contributed by atoms with Crippen LogP contribution in [0.5, 0.6) is 0 Å². The fourth-order valence-electron chi connectivity index (χ4n) is 1.18. The van der Waals surface area contributed by atoms with E-state index < -0.39 is 11.9 Å². The van der Waals surface area contributed by atoms with E-state index in [-0.39, 0.29) is 6.10 Å². The van der Waals surface area contributed by atoms with Crippen molar-refractivity contribution in [1.82, 2.24) is 0 Å².